The maximum atomic E-state index is 5.53. The van der Waals surface area contributed by atoms with Crippen molar-refractivity contribution < 1.29 is 9.15 Å². The summed E-state index contributed by atoms with van der Waals surface area (Å²) in [5.41, 5.74) is 0.190. The Morgan fingerprint density at radius 3 is 2.71 bits per heavy atom. The molecule has 3 nitrogen and oxygen atoms in total. The van der Waals surface area contributed by atoms with E-state index in [1.807, 2.05) is 6.07 Å². The lowest BCUT2D eigenvalue weighted by atomic mass is 9.64. The number of methoxy groups -OCH3 is 1. The van der Waals surface area contributed by atoms with Gasteiger partial charge in [0.25, 0.3) is 0 Å². The molecule has 1 aromatic heterocycles. The normalized spacial score (nSPS) is 26.9. The predicted octanol–water partition coefficient (Wildman–Crippen LogP) is 3.71. The van der Waals surface area contributed by atoms with Crippen molar-refractivity contribution in [3.8, 4) is 0 Å². The Kier molecular flexibility index (Phi) is 4.02. The molecule has 1 heterocycles. The summed E-state index contributed by atoms with van der Waals surface area (Å²) in [5, 5.41) is 3.52. The summed E-state index contributed by atoms with van der Waals surface area (Å²) in [6.07, 6.45) is 1.42. The molecule has 0 amide bonds. The van der Waals surface area contributed by atoms with Gasteiger partial charge in [0.1, 0.15) is 5.76 Å². The number of rotatable bonds is 4. The number of hydrogen-bond acceptors (Lipinski definition) is 3. The number of ether oxygens (including phenoxy) is 1. The van der Waals surface area contributed by atoms with Gasteiger partial charge in [-0.15, -0.1) is 0 Å². The molecule has 1 fully saturated rings. The predicted molar refractivity (Wildman–Crippen MR) is 73.9 cm³/mol. The highest BCUT2D eigenvalue weighted by Gasteiger charge is 2.48. The Labute approximate surface area is 119 Å². The van der Waals surface area contributed by atoms with Gasteiger partial charge in [-0.2, -0.15) is 0 Å². The Morgan fingerprint density at radius 2 is 2.24 bits per heavy atom. The minimum absolute atomic E-state index is 0.190. The molecule has 0 bridgehead atoms. The average Bonchev–Trinajstić information content (AvgIpc) is 2.57. The molecule has 0 saturated heterocycles. The lowest BCUT2D eigenvalue weighted by molar-refractivity contribution is -0.0982. The Bertz CT molecular complexity index is 384. The molecule has 1 saturated carbocycles. The van der Waals surface area contributed by atoms with E-state index in [9.17, 15) is 0 Å². The van der Waals surface area contributed by atoms with E-state index in [2.05, 4.69) is 51.0 Å². The van der Waals surface area contributed by atoms with Crippen LogP contribution in [0.3, 0.4) is 0 Å². The first kappa shape index (κ1) is 13.6. The summed E-state index contributed by atoms with van der Waals surface area (Å²) >= 11 is 6.74. The molecule has 17 heavy (non-hydrogen) atoms. The molecule has 1 aromatic rings. The molecule has 0 spiro atoms. The van der Waals surface area contributed by atoms with Crippen molar-refractivity contribution in [3.63, 3.8) is 0 Å². The van der Waals surface area contributed by atoms with Gasteiger partial charge in [0, 0.05) is 18.6 Å². The third-order valence-corrected chi connectivity index (χ3v) is 5.39. The van der Waals surface area contributed by atoms with Gasteiger partial charge in [0.15, 0.2) is 4.67 Å². The molecular formula is C12H17Br2NO2. The van der Waals surface area contributed by atoms with Gasteiger partial charge in [0.05, 0.1) is 17.1 Å². The molecule has 5 heteroatoms. The minimum Gasteiger partial charge on any atom is -0.452 e. The summed E-state index contributed by atoms with van der Waals surface area (Å²) in [4.78, 5) is 0. The first-order valence-electron chi connectivity index (χ1n) is 5.65. The zero-order valence-corrected chi connectivity index (χ0v) is 13.4. The van der Waals surface area contributed by atoms with Crippen LogP contribution in [0.2, 0.25) is 0 Å². The third-order valence-electron chi connectivity index (χ3n) is 3.68. The van der Waals surface area contributed by atoms with Gasteiger partial charge >= 0.3 is 0 Å². The van der Waals surface area contributed by atoms with E-state index in [4.69, 9.17) is 9.15 Å². The second-order valence-electron chi connectivity index (χ2n) is 5.05. The number of furan rings is 1. The number of halogens is 2. The van der Waals surface area contributed by atoms with Gasteiger partial charge < -0.3 is 14.5 Å². The molecule has 0 aromatic carbocycles. The first-order valence-corrected chi connectivity index (χ1v) is 7.23. The van der Waals surface area contributed by atoms with Crippen LogP contribution in [0.5, 0.6) is 0 Å². The summed E-state index contributed by atoms with van der Waals surface area (Å²) in [6, 6.07) is 2.46. The van der Waals surface area contributed by atoms with E-state index in [-0.39, 0.29) is 5.41 Å². The number of nitrogens with one attached hydrogen (secondary N) is 1. The Hall–Kier alpha value is 0.160. The second-order valence-corrected chi connectivity index (χ2v) is 6.62. The zero-order valence-electron chi connectivity index (χ0n) is 10.2. The van der Waals surface area contributed by atoms with Crippen molar-refractivity contribution in [1.29, 1.82) is 0 Å². The largest absolute Gasteiger partial charge is 0.452 e. The summed E-state index contributed by atoms with van der Waals surface area (Å²) in [5.74, 6) is 0.931. The quantitative estimate of drug-likeness (QED) is 0.881. The van der Waals surface area contributed by atoms with Crippen LogP contribution in [0, 0.1) is 5.41 Å². The monoisotopic (exact) mass is 365 g/mol. The van der Waals surface area contributed by atoms with Gasteiger partial charge in [-0.05, 0) is 44.3 Å². The van der Waals surface area contributed by atoms with Gasteiger partial charge in [-0.3, -0.25) is 0 Å². The standard InChI is InChI=1S/C12H17Br2NO2/c1-12(2)9(5-10(12)16-3)15-6-7-4-8(13)11(14)17-7/h4,9-10,15H,5-6H2,1-3H3. The van der Waals surface area contributed by atoms with Gasteiger partial charge in [-0.1, -0.05) is 13.8 Å². The van der Waals surface area contributed by atoms with Crippen molar-refractivity contribution in [2.75, 3.05) is 7.11 Å². The van der Waals surface area contributed by atoms with E-state index in [0.717, 1.165) is 27.9 Å². The van der Waals surface area contributed by atoms with Gasteiger partial charge in [0.2, 0.25) is 0 Å². The van der Waals surface area contributed by atoms with E-state index >= 15 is 0 Å². The van der Waals surface area contributed by atoms with Crippen LogP contribution >= 0.6 is 31.9 Å². The highest BCUT2D eigenvalue weighted by atomic mass is 79.9. The second kappa shape index (κ2) is 5.03. The molecule has 1 aliphatic rings. The Morgan fingerprint density at radius 1 is 1.53 bits per heavy atom. The molecule has 96 valence electrons. The molecule has 2 rings (SSSR count). The summed E-state index contributed by atoms with van der Waals surface area (Å²) < 4.78 is 12.7. The van der Waals surface area contributed by atoms with Crippen LogP contribution in [0.4, 0.5) is 0 Å². The maximum Gasteiger partial charge on any atom is 0.183 e. The Balaban J connectivity index is 1.88. The summed E-state index contributed by atoms with van der Waals surface area (Å²) in [6.45, 7) is 5.21. The van der Waals surface area contributed by atoms with Crippen LogP contribution in [0.15, 0.2) is 19.6 Å². The lowest BCUT2D eigenvalue weighted by Gasteiger charge is -2.51. The molecule has 1 aliphatic carbocycles. The van der Waals surface area contributed by atoms with Crippen molar-refractivity contribution in [3.05, 3.63) is 21.0 Å². The number of hydrogen-bond donors (Lipinski definition) is 1. The van der Waals surface area contributed by atoms with Crippen LogP contribution in [-0.2, 0) is 11.3 Å². The van der Waals surface area contributed by atoms with Gasteiger partial charge in [-0.25, -0.2) is 0 Å². The molecule has 0 aliphatic heterocycles. The summed E-state index contributed by atoms with van der Waals surface area (Å²) in [7, 11) is 1.78. The fourth-order valence-corrected chi connectivity index (χ4v) is 2.99. The fraction of sp³-hybridized carbons (Fsp3) is 0.667. The molecule has 1 N–H and O–H groups in total. The highest BCUT2D eigenvalue weighted by Crippen LogP contribution is 2.42. The average molecular weight is 367 g/mol. The van der Waals surface area contributed by atoms with Crippen molar-refractivity contribution >= 4 is 31.9 Å². The van der Waals surface area contributed by atoms with E-state index in [1.165, 1.54) is 0 Å². The molecule has 2 atom stereocenters. The molecule has 2 unspecified atom stereocenters. The van der Waals surface area contributed by atoms with E-state index < -0.39 is 0 Å². The van der Waals surface area contributed by atoms with Crippen LogP contribution in [-0.4, -0.2) is 19.3 Å². The van der Waals surface area contributed by atoms with E-state index in [1.54, 1.807) is 7.11 Å². The SMILES string of the molecule is COC1CC(NCc2cc(Br)c(Br)o2)C1(C)C. The fourth-order valence-electron chi connectivity index (χ4n) is 2.33. The first-order chi connectivity index (χ1) is 7.95. The third kappa shape index (κ3) is 2.62. The van der Waals surface area contributed by atoms with Crippen molar-refractivity contribution in [2.24, 2.45) is 5.41 Å². The van der Waals surface area contributed by atoms with Crippen LogP contribution < -0.4 is 5.32 Å². The smallest absolute Gasteiger partial charge is 0.183 e. The zero-order chi connectivity index (χ0) is 12.6. The highest BCUT2D eigenvalue weighted by molar-refractivity contribution is 9.13. The van der Waals surface area contributed by atoms with Crippen LogP contribution in [0.25, 0.3) is 0 Å². The van der Waals surface area contributed by atoms with Crippen LogP contribution in [0.1, 0.15) is 26.0 Å². The maximum absolute atomic E-state index is 5.53. The molecular weight excluding hydrogens is 350 g/mol. The van der Waals surface area contributed by atoms with E-state index in [0.29, 0.717) is 12.1 Å². The molecule has 0 radical (unpaired) electrons. The van der Waals surface area contributed by atoms with Crippen molar-refractivity contribution in [1.82, 2.24) is 5.32 Å². The minimum atomic E-state index is 0.190. The van der Waals surface area contributed by atoms with Crippen molar-refractivity contribution in [2.45, 2.75) is 39.0 Å². The topological polar surface area (TPSA) is 34.4 Å². The lowest BCUT2D eigenvalue weighted by Crippen LogP contribution is -2.60.